The van der Waals surface area contributed by atoms with Crippen LogP contribution in [0.15, 0.2) is 62.4 Å². The molecule has 2 heterocycles. The van der Waals surface area contributed by atoms with Crippen LogP contribution in [-0.2, 0) is 9.53 Å². The zero-order valence-electron chi connectivity index (χ0n) is 20.2. The van der Waals surface area contributed by atoms with Crippen molar-refractivity contribution in [3.8, 4) is 11.5 Å². The van der Waals surface area contributed by atoms with Crippen molar-refractivity contribution in [1.29, 1.82) is 0 Å². The van der Waals surface area contributed by atoms with Gasteiger partial charge < -0.3 is 14.6 Å². The minimum atomic E-state index is -0.655. The molecule has 1 aliphatic heterocycles. The highest BCUT2D eigenvalue weighted by Gasteiger charge is 2.33. The Morgan fingerprint density at radius 2 is 1.97 bits per heavy atom. The van der Waals surface area contributed by atoms with Gasteiger partial charge in [-0.3, -0.25) is 9.36 Å². The number of aromatic nitrogens is 1. The van der Waals surface area contributed by atoms with E-state index in [4.69, 9.17) is 9.47 Å². The highest BCUT2D eigenvalue weighted by atomic mass is 127. The fourth-order valence-corrected chi connectivity index (χ4v) is 6.07. The fourth-order valence-electron chi connectivity index (χ4n) is 3.99. The number of phenolic OH excluding ortho intramolecular Hbond substituents is 1. The van der Waals surface area contributed by atoms with Gasteiger partial charge >= 0.3 is 5.97 Å². The van der Waals surface area contributed by atoms with Crippen LogP contribution in [0, 0.1) is 3.57 Å². The normalized spacial score (nSPS) is 15.5. The molecule has 0 fully saturated rings. The van der Waals surface area contributed by atoms with Gasteiger partial charge in [-0.2, -0.15) is 0 Å². The number of thiazole rings is 1. The van der Waals surface area contributed by atoms with Gasteiger partial charge in [-0.15, -0.1) is 11.8 Å². The number of carbonyl (C=O) groups is 1. The van der Waals surface area contributed by atoms with Crippen LogP contribution in [0.4, 0.5) is 0 Å². The van der Waals surface area contributed by atoms with Crippen molar-refractivity contribution in [3.63, 3.8) is 0 Å². The Kier molecular flexibility index (Phi) is 8.26. The topological polar surface area (TPSA) is 90.1 Å². The minimum Gasteiger partial charge on any atom is -0.504 e. The maximum absolute atomic E-state index is 13.7. The number of ether oxygens (including phenoxy) is 2. The van der Waals surface area contributed by atoms with Crippen LogP contribution >= 0.6 is 45.7 Å². The zero-order chi connectivity index (χ0) is 26.0. The predicted molar refractivity (Wildman–Crippen MR) is 151 cm³/mol. The smallest absolute Gasteiger partial charge is 0.338 e. The summed E-state index contributed by atoms with van der Waals surface area (Å²) in [6.07, 6.45) is 3.75. The Balaban J connectivity index is 1.93. The van der Waals surface area contributed by atoms with E-state index in [1.165, 1.54) is 11.3 Å². The zero-order valence-corrected chi connectivity index (χ0v) is 24.0. The average Bonchev–Trinajstić information content (AvgIpc) is 3.15. The SMILES string of the molecule is CCOC(=O)C1=C(C)N=c2s/c(=C\c3cc(I)c(O)c(OCC)c3)c(=O)n2[C@@H]1c1ccc(SC)cc1. The molecule has 2 aromatic carbocycles. The summed E-state index contributed by atoms with van der Waals surface area (Å²) in [6, 6.07) is 10.6. The molecule has 0 spiro atoms. The van der Waals surface area contributed by atoms with E-state index in [0.717, 1.165) is 10.5 Å². The van der Waals surface area contributed by atoms with Gasteiger partial charge in [-0.1, -0.05) is 23.5 Å². The fraction of sp³-hybridized carbons (Fsp3) is 0.269. The molecule has 1 aliphatic rings. The number of rotatable bonds is 7. The summed E-state index contributed by atoms with van der Waals surface area (Å²) in [7, 11) is 0. The third kappa shape index (κ3) is 5.12. The molecule has 4 rings (SSSR count). The number of esters is 1. The molecular weight excluding hydrogens is 611 g/mol. The van der Waals surface area contributed by atoms with Crippen LogP contribution in [0.1, 0.15) is 37.9 Å². The first-order chi connectivity index (χ1) is 17.3. The first-order valence-corrected chi connectivity index (χ1v) is 14.4. The molecule has 10 heteroatoms. The molecule has 1 N–H and O–H groups in total. The predicted octanol–water partition coefficient (Wildman–Crippen LogP) is 4.23. The highest BCUT2D eigenvalue weighted by Crippen LogP contribution is 2.34. The number of allylic oxidation sites excluding steroid dienone is 1. The molecule has 0 unspecified atom stereocenters. The van der Waals surface area contributed by atoms with Crippen molar-refractivity contribution in [2.24, 2.45) is 4.99 Å². The Bertz CT molecular complexity index is 1520. The van der Waals surface area contributed by atoms with Gasteiger partial charge in [0.2, 0.25) is 0 Å². The number of fused-ring (bicyclic) bond motifs is 1. The summed E-state index contributed by atoms with van der Waals surface area (Å²) in [6.45, 7) is 5.98. The van der Waals surface area contributed by atoms with Crippen LogP contribution < -0.4 is 19.6 Å². The Morgan fingerprint density at radius 3 is 2.61 bits per heavy atom. The van der Waals surface area contributed by atoms with E-state index in [0.29, 0.717) is 42.1 Å². The molecule has 3 aromatic rings. The number of nitrogens with zero attached hydrogens (tertiary/aromatic N) is 2. The standard InChI is InChI=1S/C26H25IN2O5S2/c1-5-33-19-12-15(11-18(27)23(19)30)13-20-24(31)29-22(16-7-9-17(35-4)10-8-16)21(25(32)34-6-2)14(3)28-26(29)36-20/h7-13,22,30H,5-6H2,1-4H3/b20-13-/t22-/m1/s1. The van der Waals surface area contributed by atoms with Gasteiger partial charge in [0, 0.05) is 4.90 Å². The van der Waals surface area contributed by atoms with Crippen molar-refractivity contribution in [1.82, 2.24) is 4.57 Å². The molecular formula is C26H25IN2O5S2. The molecule has 1 aromatic heterocycles. The summed E-state index contributed by atoms with van der Waals surface area (Å²) in [5, 5.41) is 10.3. The lowest BCUT2D eigenvalue weighted by molar-refractivity contribution is -0.139. The third-order valence-electron chi connectivity index (χ3n) is 5.60. The Labute approximate surface area is 230 Å². The summed E-state index contributed by atoms with van der Waals surface area (Å²) in [5.74, 6) is -0.0588. The van der Waals surface area contributed by atoms with Crippen LogP contribution in [0.3, 0.4) is 0 Å². The second-order valence-corrected chi connectivity index (χ2v) is 10.9. The van der Waals surface area contributed by atoms with E-state index in [2.05, 4.69) is 4.99 Å². The number of hydrogen-bond acceptors (Lipinski definition) is 8. The van der Waals surface area contributed by atoms with E-state index >= 15 is 0 Å². The number of thioether (sulfide) groups is 1. The number of hydrogen-bond donors (Lipinski definition) is 1. The van der Waals surface area contributed by atoms with Gasteiger partial charge in [0.05, 0.1) is 38.6 Å². The number of benzene rings is 2. The summed E-state index contributed by atoms with van der Waals surface area (Å²) < 4.78 is 13.5. The van der Waals surface area contributed by atoms with E-state index in [1.807, 2.05) is 60.0 Å². The molecule has 7 nitrogen and oxygen atoms in total. The minimum absolute atomic E-state index is 0.0689. The molecule has 1 atom stereocenters. The molecule has 188 valence electrons. The van der Waals surface area contributed by atoms with Crippen molar-refractivity contribution < 1.29 is 19.4 Å². The number of phenols is 1. The quantitative estimate of drug-likeness (QED) is 0.237. The van der Waals surface area contributed by atoms with Crippen LogP contribution in [0.5, 0.6) is 11.5 Å². The molecule has 0 saturated heterocycles. The Morgan fingerprint density at radius 1 is 1.25 bits per heavy atom. The second-order valence-electron chi connectivity index (χ2n) is 7.86. The second kappa shape index (κ2) is 11.2. The summed E-state index contributed by atoms with van der Waals surface area (Å²) in [4.78, 5) is 32.9. The Hall–Kier alpha value is -2.57. The van der Waals surface area contributed by atoms with Gasteiger partial charge in [0.15, 0.2) is 16.3 Å². The average molecular weight is 637 g/mol. The highest BCUT2D eigenvalue weighted by molar-refractivity contribution is 14.1. The van der Waals surface area contributed by atoms with Crippen LogP contribution in [-0.4, -0.2) is 35.1 Å². The van der Waals surface area contributed by atoms with E-state index in [9.17, 15) is 14.7 Å². The molecule has 0 radical (unpaired) electrons. The van der Waals surface area contributed by atoms with E-state index in [-0.39, 0.29) is 17.9 Å². The van der Waals surface area contributed by atoms with Crippen LogP contribution in [0.25, 0.3) is 6.08 Å². The van der Waals surface area contributed by atoms with Crippen molar-refractivity contribution in [2.75, 3.05) is 19.5 Å². The monoisotopic (exact) mass is 636 g/mol. The summed E-state index contributed by atoms with van der Waals surface area (Å²) >= 11 is 4.91. The maximum Gasteiger partial charge on any atom is 0.338 e. The number of halogens is 1. The molecule has 0 amide bonds. The van der Waals surface area contributed by atoms with Gasteiger partial charge in [0.25, 0.3) is 5.56 Å². The van der Waals surface area contributed by atoms with Gasteiger partial charge in [-0.25, -0.2) is 9.79 Å². The van der Waals surface area contributed by atoms with E-state index in [1.54, 1.807) is 48.4 Å². The maximum atomic E-state index is 13.7. The van der Waals surface area contributed by atoms with Crippen molar-refractivity contribution >= 4 is 57.7 Å². The molecule has 0 saturated carbocycles. The largest absolute Gasteiger partial charge is 0.504 e. The summed E-state index contributed by atoms with van der Waals surface area (Å²) in [5.41, 5.74) is 2.14. The van der Waals surface area contributed by atoms with E-state index < -0.39 is 12.0 Å². The third-order valence-corrected chi connectivity index (χ3v) is 8.15. The molecule has 0 bridgehead atoms. The van der Waals surface area contributed by atoms with Gasteiger partial charge in [0.1, 0.15) is 0 Å². The van der Waals surface area contributed by atoms with Crippen molar-refractivity contribution in [2.45, 2.75) is 31.7 Å². The lowest BCUT2D eigenvalue weighted by atomic mass is 9.96. The van der Waals surface area contributed by atoms with Gasteiger partial charge in [-0.05, 0) is 91.1 Å². The lowest BCUT2D eigenvalue weighted by Gasteiger charge is -2.24. The van der Waals surface area contributed by atoms with Crippen LogP contribution in [0.2, 0.25) is 0 Å². The first-order valence-electron chi connectivity index (χ1n) is 11.3. The number of carbonyl (C=O) groups excluding carboxylic acids is 1. The molecule has 36 heavy (non-hydrogen) atoms. The number of aromatic hydroxyl groups is 1. The lowest BCUT2D eigenvalue weighted by Crippen LogP contribution is -2.39. The first kappa shape index (κ1) is 26.5. The molecule has 0 aliphatic carbocycles. The van der Waals surface area contributed by atoms with Crippen molar-refractivity contribution in [3.05, 3.63) is 82.1 Å².